The number of anilines is 1. The molecule has 138 valence electrons. The molecule has 0 aliphatic carbocycles. The van der Waals surface area contributed by atoms with Crippen LogP contribution in [0.15, 0.2) is 42.5 Å². The highest BCUT2D eigenvalue weighted by Crippen LogP contribution is 2.65. The number of hydrogen-bond donors (Lipinski definition) is 0. The first-order valence-corrected chi connectivity index (χ1v) is 9.75. The Kier molecular flexibility index (Phi) is 3.59. The van der Waals surface area contributed by atoms with Crippen molar-refractivity contribution in [3.05, 3.63) is 53.8 Å². The van der Waals surface area contributed by atoms with E-state index in [0.29, 0.717) is 0 Å². The Labute approximate surface area is 156 Å². The fourth-order valence-corrected chi connectivity index (χ4v) is 6.14. The monoisotopic (exact) mass is 353 g/mol. The maximum atomic E-state index is 14.4. The molecule has 2 aliphatic heterocycles. The number of rotatable bonds is 2. The SMILES string of the molecule is CCC1(C)c2cc(F)ccc2[N+]2(C)c3ccccc3N(C)C2C1(C)CC. The van der Waals surface area contributed by atoms with Gasteiger partial charge in [-0.2, -0.15) is 0 Å². The number of hydrogen-bond acceptors (Lipinski definition) is 1. The van der Waals surface area contributed by atoms with Crippen LogP contribution in [0.25, 0.3) is 0 Å². The van der Waals surface area contributed by atoms with Crippen LogP contribution < -0.4 is 9.38 Å². The predicted octanol–water partition coefficient (Wildman–Crippen LogP) is 5.97. The molecule has 0 N–H and O–H groups in total. The number of benzene rings is 2. The van der Waals surface area contributed by atoms with E-state index < -0.39 is 0 Å². The fraction of sp³-hybridized carbons (Fsp3) is 0.478. The van der Waals surface area contributed by atoms with Gasteiger partial charge in [-0.3, -0.25) is 0 Å². The molecule has 0 radical (unpaired) electrons. The Balaban J connectivity index is 2.15. The molecule has 2 aromatic carbocycles. The first-order valence-electron chi connectivity index (χ1n) is 9.75. The molecule has 2 aromatic rings. The largest absolute Gasteiger partial charge is 0.319 e. The average Bonchev–Trinajstić information content (AvgIpc) is 2.89. The molecule has 4 rings (SSSR count). The summed E-state index contributed by atoms with van der Waals surface area (Å²) < 4.78 is 15.1. The average molecular weight is 354 g/mol. The Morgan fingerprint density at radius 2 is 1.73 bits per heavy atom. The molecular formula is C23H30FN2+. The summed E-state index contributed by atoms with van der Waals surface area (Å²) >= 11 is 0. The number of fused-ring (bicyclic) bond motifs is 5. The van der Waals surface area contributed by atoms with E-state index in [1.54, 1.807) is 12.1 Å². The molecule has 3 heteroatoms. The van der Waals surface area contributed by atoms with E-state index >= 15 is 0 Å². The van der Waals surface area contributed by atoms with Gasteiger partial charge >= 0.3 is 0 Å². The summed E-state index contributed by atoms with van der Waals surface area (Å²) in [6, 6.07) is 14.2. The minimum atomic E-state index is -0.132. The van der Waals surface area contributed by atoms with Crippen LogP contribution >= 0.6 is 0 Å². The van der Waals surface area contributed by atoms with Gasteiger partial charge < -0.3 is 4.90 Å². The Bertz CT molecular complexity index is 878. The zero-order chi connectivity index (χ0) is 18.9. The van der Waals surface area contributed by atoms with E-state index in [4.69, 9.17) is 0 Å². The molecule has 2 aliphatic rings. The van der Waals surface area contributed by atoms with Gasteiger partial charge in [-0.25, -0.2) is 8.87 Å². The summed E-state index contributed by atoms with van der Waals surface area (Å²) in [4.78, 5) is 2.47. The van der Waals surface area contributed by atoms with Crippen LogP contribution in [-0.2, 0) is 5.41 Å². The van der Waals surface area contributed by atoms with Crippen LogP contribution in [0.2, 0.25) is 0 Å². The summed E-state index contributed by atoms with van der Waals surface area (Å²) in [5.41, 5.74) is 4.93. The smallest absolute Gasteiger partial charge is 0.180 e. The highest BCUT2D eigenvalue weighted by Gasteiger charge is 2.67. The second kappa shape index (κ2) is 5.32. The maximum Gasteiger partial charge on any atom is 0.180 e. The zero-order valence-corrected chi connectivity index (χ0v) is 16.8. The van der Waals surface area contributed by atoms with E-state index in [9.17, 15) is 4.39 Å². The quantitative estimate of drug-likeness (QED) is 0.601. The molecule has 0 bridgehead atoms. The maximum absolute atomic E-state index is 14.4. The molecule has 0 amide bonds. The Morgan fingerprint density at radius 1 is 1.04 bits per heavy atom. The Hall–Kier alpha value is -1.87. The third-order valence-electron chi connectivity index (χ3n) is 7.94. The number of nitrogens with zero attached hydrogens (tertiary/aromatic N) is 2. The van der Waals surface area contributed by atoms with Crippen LogP contribution in [0.4, 0.5) is 21.5 Å². The first-order chi connectivity index (χ1) is 12.3. The van der Waals surface area contributed by atoms with Crippen LogP contribution in [0.5, 0.6) is 0 Å². The minimum absolute atomic E-state index is 0.00502. The van der Waals surface area contributed by atoms with Gasteiger partial charge in [-0.1, -0.05) is 39.8 Å². The van der Waals surface area contributed by atoms with Gasteiger partial charge in [0.05, 0.1) is 7.05 Å². The highest BCUT2D eigenvalue weighted by molar-refractivity contribution is 5.82. The van der Waals surface area contributed by atoms with Gasteiger partial charge in [0.2, 0.25) is 0 Å². The van der Waals surface area contributed by atoms with Crippen molar-refractivity contribution in [2.24, 2.45) is 5.41 Å². The van der Waals surface area contributed by atoms with Crippen molar-refractivity contribution < 1.29 is 4.39 Å². The molecule has 2 nitrogen and oxygen atoms in total. The van der Waals surface area contributed by atoms with Gasteiger partial charge in [0.25, 0.3) is 0 Å². The summed E-state index contributed by atoms with van der Waals surface area (Å²) in [5.74, 6) is -0.132. The van der Waals surface area contributed by atoms with E-state index in [2.05, 4.69) is 71.0 Å². The van der Waals surface area contributed by atoms with Crippen LogP contribution in [-0.4, -0.2) is 20.3 Å². The lowest BCUT2D eigenvalue weighted by molar-refractivity contribution is 0.0327. The Morgan fingerprint density at radius 3 is 2.38 bits per heavy atom. The summed E-state index contributed by atoms with van der Waals surface area (Å²) in [6.45, 7) is 9.29. The molecular weight excluding hydrogens is 323 g/mol. The topological polar surface area (TPSA) is 3.24 Å². The first kappa shape index (κ1) is 17.5. The number of halogens is 1. The lowest BCUT2D eigenvalue weighted by Gasteiger charge is -2.59. The van der Waals surface area contributed by atoms with Crippen molar-refractivity contribution >= 4 is 17.1 Å². The van der Waals surface area contributed by atoms with E-state index in [1.165, 1.54) is 22.6 Å². The van der Waals surface area contributed by atoms with Crippen LogP contribution in [0.1, 0.15) is 46.1 Å². The van der Waals surface area contributed by atoms with Gasteiger partial charge in [0, 0.05) is 35.6 Å². The van der Waals surface area contributed by atoms with E-state index in [1.807, 2.05) is 6.07 Å². The molecule has 0 saturated carbocycles. The van der Waals surface area contributed by atoms with Crippen molar-refractivity contribution in [3.8, 4) is 0 Å². The lowest BCUT2D eigenvalue weighted by atomic mass is 9.54. The highest BCUT2D eigenvalue weighted by atomic mass is 19.1. The molecule has 26 heavy (non-hydrogen) atoms. The van der Waals surface area contributed by atoms with Crippen molar-refractivity contribution in [1.29, 1.82) is 0 Å². The molecule has 4 atom stereocenters. The molecule has 0 aromatic heterocycles. The summed E-state index contributed by atoms with van der Waals surface area (Å²) in [7, 11) is 4.54. The number of para-hydroxylation sites is 2. The predicted molar refractivity (Wildman–Crippen MR) is 108 cm³/mol. The van der Waals surface area contributed by atoms with Crippen molar-refractivity contribution in [2.75, 3.05) is 19.0 Å². The van der Waals surface area contributed by atoms with Gasteiger partial charge in [-0.15, -0.1) is 0 Å². The number of quaternary nitrogens is 1. The van der Waals surface area contributed by atoms with Crippen molar-refractivity contribution in [3.63, 3.8) is 0 Å². The van der Waals surface area contributed by atoms with Crippen LogP contribution in [0, 0.1) is 11.2 Å². The summed E-state index contributed by atoms with van der Waals surface area (Å²) in [6.07, 6.45) is 2.33. The normalized spacial score (nSPS) is 35.0. The molecule has 0 spiro atoms. The van der Waals surface area contributed by atoms with Crippen molar-refractivity contribution in [2.45, 2.75) is 52.1 Å². The van der Waals surface area contributed by atoms with Gasteiger partial charge in [0.1, 0.15) is 17.2 Å². The van der Waals surface area contributed by atoms with Crippen molar-refractivity contribution in [1.82, 2.24) is 4.48 Å². The summed E-state index contributed by atoms with van der Waals surface area (Å²) in [5, 5.41) is 0. The minimum Gasteiger partial charge on any atom is -0.319 e. The fourth-order valence-electron chi connectivity index (χ4n) is 6.14. The molecule has 0 fully saturated rings. The molecule has 2 heterocycles. The van der Waals surface area contributed by atoms with Crippen LogP contribution in [0.3, 0.4) is 0 Å². The standard InChI is InChI=1S/C23H30FN2/c1-7-22(3)17-15-16(24)13-14-19(17)26(6)20-12-10-9-11-18(20)25(5)21(26)23(22,4)8-2/h9-15,21H,7-8H2,1-6H3/q+1. The van der Waals surface area contributed by atoms with Gasteiger partial charge in [-0.05, 0) is 31.0 Å². The lowest BCUT2D eigenvalue weighted by Crippen LogP contribution is -2.69. The third kappa shape index (κ3) is 1.75. The van der Waals surface area contributed by atoms with Gasteiger partial charge in [0.15, 0.2) is 11.9 Å². The van der Waals surface area contributed by atoms with E-state index in [0.717, 1.165) is 17.3 Å². The molecule has 4 unspecified atom stereocenters. The second-order valence-corrected chi connectivity index (χ2v) is 8.67. The molecule has 0 saturated heterocycles. The zero-order valence-electron chi connectivity index (χ0n) is 16.8. The third-order valence-corrected chi connectivity index (χ3v) is 7.94. The van der Waals surface area contributed by atoms with E-state index in [-0.39, 0.29) is 22.8 Å². The second-order valence-electron chi connectivity index (χ2n) is 8.67.